The molecule has 1 aromatic heterocycles. The number of rotatable bonds is 6. The van der Waals surface area contributed by atoms with E-state index in [1.54, 1.807) is 18.3 Å². The maximum absolute atomic E-state index is 12.0. The summed E-state index contributed by atoms with van der Waals surface area (Å²) in [7, 11) is 1.93. The molecule has 0 saturated carbocycles. The van der Waals surface area contributed by atoms with E-state index >= 15 is 0 Å². The average Bonchev–Trinajstić information content (AvgIpc) is 2.84. The first kappa shape index (κ1) is 16.4. The van der Waals surface area contributed by atoms with E-state index in [2.05, 4.69) is 15.6 Å². The van der Waals surface area contributed by atoms with Crippen LogP contribution in [0.2, 0.25) is 0 Å². The van der Waals surface area contributed by atoms with Crippen LogP contribution in [-0.4, -0.2) is 48.6 Å². The van der Waals surface area contributed by atoms with Crippen molar-refractivity contribution >= 4 is 23.3 Å². The number of aryl methyl sites for hydroxylation is 1. The molecule has 2 heterocycles. The molecule has 8 heteroatoms. The second kappa shape index (κ2) is 7.37. The first-order valence-corrected chi connectivity index (χ1v) is 7.85. The number of hydrogen-bond acceptors (Lipinski definition) is 6. The third-order valence-corrected chi connectivity index (χ3v) is 4.00. The smallest absolute Gasteiger partial charge is 0.337 e. The van der Waals surface area contributed by atoms with E-state index in [-0.39, 0.29) is 12.6 Å². The third kappa shape index (κ3) is 4.28. The van der Waals surface area contributed by atoms with Crippen LogP contribution in [-0.2, 0) is 16.1 Å². The van der Waals surface area contributed by atoms with E-state index < -0.39 is 5.97 Å². The molecular formula is C14H20N4O3S. The minimum atomic E-state index is -0.396. The zero-order valence-corrected chi connectivity index (χ0v) is 13.7. The molecule has 0 aliphatic carbocycles. The lowest BCUT2D eigenvalue weighted by Gasteiger charge is -2.25. The standard InChI is InChI=1S/C14H20N4O3S/c1-4-21-13(19)11-6-16-14(20)17-12(11)8-18(3)7-10-5-15-9(2)22-10/h5H,4,6-8H2,1-3H3,(H2,16,17,20). The number of amides is 2. The predicted octanol–water partition coefficient (Wildman–Crippen LogP) is 1.01. The molecular weight excluding hydrogens is 304 g/mol. The number of nitrogens with one attached hydrogen (secondary N) is 2. The molecule has 0 fully saturated rings. The minimum absolute atomic E-state index is 0.188. The van der Waals surface area contributed by atoms with Crippen molar-refractivity contribution in [2.75, 3.05) is 26.7 Å². The summed E-state index contributed by atoms with van der Waals surface area (Å²) >= 11 is 1.63. The van der Waals surface area contributed by atoms with Crippen molar-refractivity contribution in [2.45, 2.75) is 20.4 Å². The van der Waals surface area contributed by atoms with E-state index in [9.17, 15) is 9.59 Å². The number of likely N-dealkylation sites (N-methyl/N-ethyl adjacent to an activating group) is 1. The first-order valence-electron chi connectivity index (χ1n) is 7.03. The lowest BCUT2D eigenvalue weighted by atomic mass is 10.1. The summed E-state index contributed by atoms with van der Waals surface area (Å²) in [5.41, 5.74) is 1.06. The highest BCUT2D eigenvalue weighted by Gasteiger charge is 2.24. The molecule has 1 aromatic rings. The molecule has 0 saturated heterocycles. The van der Waals surface area contributed by atoms with Gasteiger partial charge in [-0.25, -0.2) is 14.6 Å². The van der Waals surface area contributed by atoms with Gasteiger partial charge in [-0.3, -0.25) is 4.90 Å². The summed E-state index contributed by atoms with van der Waals surface area (Å²) in [4.78, 5) is 30.8. The van der Waals surface area contributed by atoms with Gasteiger partial charge in [0.2, 0.25) is 0 Å². The molecule has 0 bridgehead atoms. The fourth-order valence-electron chi connectivity index (χ4n) is 2.15. The highest BCUT2D eigenvalue weighted by molar-refractivity contribution is 7.11. The van der Waals surface area contributed by atoms with Crippen LogP contribution in [0.4, 0.5) is 4.79 Å². The zero-order chi connectivity index (χ0) is 16.1. The molecule has 2 amide bonds. The number of nitrogens with zero attached hydrogens (tertiary/aromatic N) is 2. The lowest BCUT2D eigenvalue weighted by Crippen LogP contribution is -2.46. The third-order valence-electron chi connectivity index (χ3n) is 3.10. The monoisotopic (exact) mass is 324 g/mol. The van der Waals surface area contributed by atoms with Crippen LogP contribution < -0.4 is 10.6 Å². The van der Waals surface area contributed by atoms with Crippen LogP contribution in [0.25, 0.3) is 0 Å². The Bertz CT molecular complexity index is 597. The molecule has 1 aliphatic rings. The van der Waals surface area contributed by atoms with Crippen LogP contribution in [0.1, 0.15) is 16.8 Å². The molecule has 0 spiro atoms. The van der Waals surface area contributed by atoms with Crippen LogP contribution in [0.3, 0.4) is 0 Å². The van der Waals surface area contributed by atoms with E-state index in [0.29, 0.717) is 31.0 Å². The topological polar surface area (TPSA) is 83.6 Å². The molecule has 0 atom stereocenters. The largest absolute Gasteiger partial charge is 0.463 e. The number of hydrogen-bond donors (Lipinski definition) is 2. The van der Waals surface area contributed by atoms with Crippen molar-refractivity contribution in [2.24, 2.45) is 0 Å². The first-order chi connectivity index (χ1) is 10.5. The number of urea groups is 1. The number of esters is 1. The highest BCUT2D eigenvalue weighted by atomic mass is 32.1. The van der Waals surface area contributed by atoms with Crippen molar-refractivity contribution in [1.82, 2.24) is 20.5 Å². The van der Waals surface area contributed by atoms with Crippen LogP contribution >= 0.6 is 11.3 Å². The van der Waals surface area contributed by atoms with Crippen molar-refractivity contribution in [3.05, 3.63) is 27.4 Å². The van der Waals surface area contributed by atoms with Crippen molar-refractivity contribution < 1.29 is 14.3 Å². The molecule has 22 heavy (non-hydrogen) atoms. The predicted molar refractivity (Wildman–Crippen MR) is 83.4 cm³/mol. The van der Waals surface area contributed by atoms with Gasteiger partial charge >= 0.3 is 12.0 Å². The van der Waals surface area contributed by atoms with Gasteiger partial charge < -0.3 is 15.4 Å². The fraction of sp³-hybridized carbons (Fsp3) is 0.500. The second-order valence-corrected chi connectivity index (χ2v) is 6.32. The number of carbonyl (C=O) groups excluding carboxylic acids is 2. The van der Waals surface area contributed by atoms with Crippen molar-refractivity contribution in [1.29, 1.82) is 0 Å². The second-order valence-electron chi connectivity index (χ2n) is 5.00. The Morgan fingerprint density at radius 2 is 2.27 bits per heavy atom. The molecule has 0 radical (unpaired) electrons. The maximum Gasteiger partial charge on any atom is 0.337 e. The normalized spacial score (nSPS) is 14.8. The van der Waals surface area contributed by atoms with E-state index in [0.717, 1.165) is 9.88 Å². The summed E-state index contributed by atoms with van der Waals surface area (Å²) in [6.07, 6.45) is 1.85. The van der Waals surface area contributed by atoms with E-state index in [4.69, 9.17) is 4.74 Å². The van der Waals surface area contributed by atoms with Gasteiger partial charge in [-0.15, -0.1) is 11.3 Å². The molecule has 120 valence electrons. The van der Waals surface area contributed by atoms with Gasteiger partial charge in [0.25, 0.3) is 0 Å². The lowest BCUT2D eigenvalue weighted by molar-refractivity contribution is -0.138. The SMILES string of the molecule is CCOC(=O)C1=C(CN(C)Cc2cnc(C)s2)NC(=O)NC1. The number of aromatic nitrogens is 1. The Balaban J connectivity index is 2.08. The number of thiazole rings is 1. The summed E-state index contributed by atoms with van der Waals surface area (Å²) in [6.45, 7) is 5.37. The zero-order valence-electron chi connectivity index (χ0n) is 12.9. The van der Waals surface area contributed by atoms with Gasteiger partial charge in [-0.1, -0.05) is 0 Å². The minimum Gasteiger partial charge on any atom is -0.463 e. The maximum atomic E-state index is 12.0. The fourth-order valence-corrected chi connectivity index (χ4v) is 3.03. The summed E-state index contributed by atoms with van der Waals surface area (Å²) in [6, 6.07) is -0.301. The Morgan fingerprint density at radius 1 is 1.50 bits per heavy atom. The molecule has 0 aromatic carbocycles. The van der Waals surface area contributed by atoms with Gasteiger partial charge in [0.15, 0.2) is 0 Å². The number of carbonyl (C=O) groups is 2. The molecule has 2 N–H and O–H groups in total. The molecule has 7 nitrogen and oxygen atoms in total. The Morgan fingerprint density at radius 3 is 2.91 bits per heavy atom. The van der Waals surface area contributed by atoms with Crippen LogP contribution in [0, 0.1) is 6.92 Å². The number of ether oxygens (including phenoxy) is 1. The van der Waals surface area contributed by atoms with Crippen molar-refractivity contribution in [3.8, 4) is 0 Å². The molecule has 0 unspecified atom stereocenters. The average molecular weight is 324 g/mol. The Labute approximate surface area is 133 Å². The quantitative estimate of drug-likeness (QED) is 0.763. The molecule has 1 aliphatic heterocycles. The van der Waals surface area contributed by atoms with Gasteiger partial charge in [-0.05, 0) is 20.9 Å². The highest BCUT2D eigenvalue weighted by Crippen LogP contribution is 2.15. The summed E-state index contributed by atoms with van der Waals surface area (Å²) in [5.74, 6) is -0.396. The van der Waals surface area contributed by atoms with Gasteiger partial charge in [0.05, 0.1) is 23.7 Å². The van der Waals surface area contributed by atoms with Gasteiger partial charge in [-0.2, -0.15) is 0 Å². The summed E-state index contributed by atoms with van der Waals surface area (Å²) in [5, 5.41) is 6.31. The van der Waals surface area contributed by atoms with Crippen molar-refractivity contribution in [3.63, 3.8) is 0 Å². The van der Waals surface area contributed by atoms with Gasteiger partial charge in [0.1, 0.15) is 0 Å². The van der Waals surface area contributed by atoms with Crippen LogP contribution in [0.5, 0.6) is 0 Å². The van der Waals surface area contributed by atoms with Gasteiger partial charge in [0, 0.05) is 29.9 Å². The Hall–Kier alpha value is -1.93. The van der Waals surface area contributed by atoms with E-state index in [1.165, 1.54) is 0 Å². The van der Waals surface area contributed by atoms with E-state index in [1.807, 2.05) is 25.1 Å². The van der Waals surface area contributed by atoms with Crippen LogP contribution in [0.15, 0.2) is 17.5 Å². The Kier molecular flexibility index (Phi) is 5.51. The molecule has 2 rings (SSSR count). The summed E-state index contributed by atoms with van der Waals surface area (Å²) < 4.78 is 5.04.